The SMILES string of the molecule is CN=C(NCCOc1ccccc1C(C)C)NCc1cc(F)ccc1CS(C)(=O)=O. The summed E-state index contributed by atoms with van der Waals surface area (Å²) >= 11 is 0. The number of benzene rings is 2. The van der Waals surface area contributed by atoms with Crippen molar-refractivity contribution in [2.24, 2.45) is 4.99 Å². The summed E-state index contributed by atoms with van der Waals surface area (Å²) in [4.78, 5) is 4.15. The van der Waals surface area contributed by atoms with Gasteiger partial charge < -0.3 is 15.4 Å². The second kappa shape index (κ2) is 11.0. The normalized spacial score (nSPS) is 12.1. The zero-order valence-corrected chi connectivity index (χ0v) is 18.7. The summed E-state index contributed by atoms with van der Waals surface area (Å²) in [6.45, 7) is 5.46. The molecule has 0 unspecified atom stereocenters. The smallest absolute Gasteiger partial charge is 0.191 e. The third-order valence-electron chi connectivity index (χ3n) is 4.45. The summed E-state index contributed by atoms with van der Waals surface area (Å²) in [6.07, 6.45) is 1.16. The number of nitrogens with zero attached hydrogens (tertiary/aromatic N) is 1. The van der Waals surface area contributed by atoms with E-state index in [0.717, 1.165) is 17.6 Å². The van der Waals surface area contributed by atoms with E-state index < -0.39 is 15.7 Å². The zero-order chi connectivity index (χ0) is 22.1. The molecule has 2 aromatic rings. The fourth-order valence-corrected chi connectivity index (χ4v) is 3.85. The van der Waals surface area contributed by atoms with E-state index in [4.69, 9.17) is 4.74 Å². The van der Waals surface area contributed by atoms with E-state index >= 15 is 0 Å². The molecule has 0 aliphatic carbocycles. The maximum absolute atomic E-state index is 13.6. The summed E-state index contributed by atoms with van der Waals surface area (Å²) in [5, 5.41) is 6.23. The lowest BCUT2D eigenvalue weighted by atomic mass is 10.0. The van der Waals surface area contributed by atoms with E-state index in [1.54, 1.807) is 7.05 Å². The summed E-state index contributed by atoms with van der Waals surface area (Å²) in [7, 11) is -1.59. The van der Waals surface area contributed by atoms with Crippen molar-refractivity contribution in [2.75, 3.05) is 26.5 Å². The first-order valence-electron chi connectivity index (χ1n) is 9.81. The highest BCUT2D eigenvalue weighted by Gasteiger charge is 2.11. The molecule has 0 atom stereocenters. The second-order valence-corrected chi connectivity index (χ2v) is 9.52. The molecule has 0 spiro atoms. The van der Waals surface area contributed by atoms with Crippen LogP contribution in [0.5, 0.6) is 5.75 Å². The number of guanidine groups is 1. The van der Waals surface area contributed by atoms with Gasteiger partial charge in [0.2, 0.25) is 0 Å². The minimum atomic E-state index is -3.22. The fraction of sp³-hybridized carbons (Fsp3) is 0.409. The lowest BCUT2D eigenvalue weighted by molar-refractivity contribution is 0.317. The third kappa shape index (κ3) is 7.67. The van der Waals surface area contributed by atoms with Gasteiger partial charge in [-0.1, -0.05) is 38.1 Å². The highest BCUT2D eigenvalue weighted by atomic mass is 32.2. The minimum Gasteiger partial charge on any atom is -0.491 e. The summed E-state index contributed by atoms with van der Waals surface area (Å²) < 4.78 is 42.8. The molecular formula is C22H30FN3O3S. The van der Waals surface area contributed by atoms with Gasteiger partial charge in [0.25, 0.3) is 0 Å². The van der Waals surface area contributed by atoms with Gasteiger partial charge in [-0.05, 0) is 40.8 Å². The van der Waals surface area contributed by atoms with Gasteiger partial charge in [0.1, 0.15) is 18.2 Å². The van der Waals surface area contributed by atoms with Gasteiger partial charge in [0, 0.05) is 19.8 Å². The maximum Gasteiger partial charge on any atom is 0.191 e. The Balaban J connectivity index is 1.90. The largest absolute Gasteiger partial charge is 0.491 e. The molecule has 0 saturated heterocycles. The van der Waals surface area contributed by atoms with Crippen molar-refractivity contribution in [3.63, 3.8) is 0 Å². The first-order chi connectivity index (χ1) is 14.2. The quantitative estimate of drug-likeness (QED) is 0.359. The van der Waals surface area contributed by atoms with Crippen LogP contribution in [0.2, 0.25) is 0 Å². The number of hydrogen-bond donors (Lipinski definition) is 2. The maximum atomic E-state index is 13.6. The van der Waals surface area contributed by atoms with E-state index in [2.05, 4.69) is 35.5 Å². The van der Waals surface area contributed by atoms with Crippen LogP contribution in [-0.2, 0) is 22.1 Å². The Bertz CT molecular complexity index is 975. The molecule has 8 heteroatoms. The minimum absolute atomic E-state index is 0.139. The van der Waals surface area contributed by atoms with E-state index in [1.165, 1.54) is 18.2 Å². The van der Waals surface area contributed by atoms with Crippen LogP contribution >= 0.6 is 0 Å². The lowest BCUT2D eigenvalue weighted by Crippen LogP contribution is -2.39. The van der Waals surface area contributed by atoms with E-state index in [1.807, 2.05) is 18.2 Å². The van der Waals surface area contributed by atoms with E-state index in [9.17, 15) is 12.8 Å². The predicted octanol–water partition coefficient (Wildman–Crippen LogP) is 3.24. The molecule has 0 amide bonds. The monoisotopic (exact) mass is 435 g/mol. The Kier molecular flexibility index (Phi) is 8.65. The average Bonchev–Trinajstić information content (AvgIpc) is 2.68. The lowest BCUT2D eigenvalue weighted by Gasteiger charge is -2.16. The van der Waals surface area contributed by atoms with E-state index in [-0.39, 0.29) is 12.3 Å². The Morgan fingerprint density at radius 1 is 1.13 bits per heavy atom. The van der Waals surface area contributed by atoms with Gasteiger partial charge in [-0.25, -0.2) is 12.8 Å². The first-order valence-corrected chi connectivity index (χ1v) is 11.9. The Morgan fingerprint density at radius 3 is 2.53 bits per heavy atom. The van der Waals surface area contributed by atoms with Crippen LogP contribution in [0, 0.1) is 5.82 Å². The molecule has 2 N–H and O–H groups in total. The molecular weight excluding hydrogens is 405 g/mol. The molecule has 0 aliphatic heterocycles. The van der Waals surface area contributed by atoms with Crippen molar-refractivity contribution in [3.05, 3.63) is 65.0 Å². The summed E-state index contributed by atoms with van der Waals surface area (Å²) in [5.74, 6) is 1.20. The molecule has 0 heterocycles. The average molecular weight is 436 g/mol. The first kappa shape index (κ1) is 23.7. The van der Waals surface area contributed by atoms with Gasteiger partial charge in [0.05, 0.1) is 12.3 Å². The van der Waals surface area contributed by atoms with Crippen LogP contribution in [-0.4, -0.2) is 40.8 Å². The van der Waals surface area contributed by atoms with Crippen LogP contribution in [0.1, 0.15) is 36.5 Å². The van der Waals surface area contributed by atoms with Crippen molar-refractivity contribution < 1.29 is 17.5 Å². The van der Waals surface area contributed by atoms with Crippen molar-refractivity contribution in [1.29, 1.82) is 0 Å². The molecule has 0 fully saturated rings. The zero-order valence-electron chi connectivity index (χ0n) is 17.9. The third-order valence-corrected chi connectivity index (χ3v) is 5.28. The second-order valence-electron chi connectivity index (χ2n) is 7.38. The number of nitrogens with one attached hydrogen (secondary N) is 2. The number of halogens is 1. The van der Waals surface area contributed by atoms with Crippen LogP contribution < -0.4 is 15.4 Å². The summed E-state index contributed by atoms with van der Waals surface area (Å²) in [6, 6.07) is 12.1. The number of para-hydroxylation sites is 1. The molecule has 0 radical (unpaired) electrons. The van der Waals surface area contributed by atoms with Gasteiger partial charge in [-0.3, -0.25) is 4.99 Å². The Labute approximate surface area is 178 Å². The Morgan fingerprint density at radius 2 is 1.87 bits per heavy atom. The predicted molar refractivity (Wildman–Crippen MR) is 119 cm³/mol. The number of sulfone groups is 1. The molecule has 6 nitrogen and oxygen atoms in total. The Hall–Kier alpha value is -2.61. The molecule has 2 rings (SSSR count). The summed E-state index contributed by atoms with van der Waals surface area (Å²) in [5.41, 5.74) is 2.30. The number of ether oxygens (including phenoxy) is 1. The number of rotatable bonds is 9. The standard InChI is InChI=1S/C22H30FN3O3S/c1-16(2)20-7-5-6-8-21(20)29-12-11-25-22(24-3)26-14-18-13-19(23)10-9-17(18)15-30(4,27)28/h5-10,13,16H,11-12,14-15H2,1-4H3,(H2,24,25,26). The van der Waals surface area contributed by atoms with Crippen LogP contribution in [0.4, 0.5) is 4.39 Å². The fourth-order valence-electron chi connectivity index (χ4n) is 3.00. The van der Waals surface area contributed by atoms with Crippen molar-refractivity contribution in [3.8, 4) is 5.75 Å². The van der Waals surface area contributed by atoms with Gasteiger partial charge >= 0.3 is 0 Å². The van der Waals surface area contributed by atoms with Crippen molar-refractivity contribution in [2.45, 2.75) is 32.1 Å². The van der Waals surface area contributed by atoms with Gasteiger partial charge in [0.15, 0.2) is 15.8 Å². The number of hydrogen-bond acceptors (Lipinski definition) is 4. The van der Waals surface area contributed by atoms with Gasteiger partial charge in [-0.2, -0.15) is 0 Å². The molecule has 0 aromatic heterocycles. The van der Waals surface area contributed by atoms with Crippen LogP contribution in [0.25, 0.3) is 0 Å². The number of aliphatic imine (C=N–C) groups is 1. The molecule has 2 aromatic carbocycles. The molecule has 164 valence electrons. The van der Waals surface area contributed by atoms with Crippen molar-refractivity contribution in [1.82, 2.24) is 10.6 Å². The topological polar surface area (TPSA) is 79.8 Å². The molecule has 0 saturated carbocycles. The molecule has 0 bridgehead atoms. The highest BCUT2D eigenvalue weighted by Crippen LogP contribution is 2.25. The highest BCUT2D eigenvalue weighted by molar-refractivity contribution is 7.89. The van der Waals surface area contributed by atoms with Gasteiger partial charge in [-0.15, -0.1) is 0 Å². The van der Waals surface area contributed by atoms with Crippen molar-refractivity contribution >= 4 is 15.8 Å². The molecule has 30 heavy (non-hydrogen) atoms. The molecule has 0 aliphatic rings. The van der Waals surface area contributed by atoms with E-state index in [0.29, 0.717) is 36.2 Å². The van der Waals surface area contributed by atoms with Crippen LogP contribution in [0.15, 0.2) is 47.5 Å². The van der Waals surface area contributed by atoms with Crippen LogP contribution in [0.3, 0.4) is 0 Å².